The first-order chi connectivity index (χ1) is 9.15. The van der Waals surface area contributed by atoms with Crippen molar-refractivity contribution in [3.8, 4) is 5.75 Å². The van der Waals surface area contributed by atoms with Gasteiger partial charge in [0.25, 0.3) is 0 Å². The number of rotatable bonds is 3. The Morgan fingerprint density at radius 1 is 1.37 bits per heavy atom. The van der Waals surface area contributed by atoms with Crippen LogP contribution >= 0.6 is 0 Å². The number of anilines is 1. The van der Waals surface area contributed by atoms with E-state index >= 15 is 0 Å². The molecule has 2 N–H and O–H groups in total. The van der Waals surface area contributed by atoms with E-state index in [9.17, 15) is 9.18 Å². The van der Waals surface area contributed by atoms with Crippen molar-refractivity contribution in [3.05, 3.63) is 24.0 Å². The summed E-state index contributed by atoms with van der Waals surface area (Å²) in [5.74, 6) is -0.179. The molecule has 1 aromatic carbocycles. The van der Waals surface area contributed by atoms with Gasteiger partial charge in [-0.15, -0.1) is 0 Å². The van der Waals surface area contributed by atoms with Gasteiger partial charge < -0.3 is 20.3 Å². The van der Waals surface area contributed by atoms with Crippen LogP contribution in [0.1, 0.15) is 0 Å². The number of nitrogens with two attached hydrogens (primary N) is 1. The quantitative estimate of drug-likeness (QED) is 0.863. The molecule has 1 aromatic rings. The summed E-state index contributed by atoms with van der Waals surface area (Å²) < 4.78 is 18.5. The summed E-state index contributed by atoms with van der Waals surface area (Å²) in [5.41, 5.74) is 6.14. The number of hydrogen-bond donors (Lipinski definition) is 1. The molecule has 19 heavy (non-hydrogen) atoms. The standard InChI is InChI=1S/C13H18FN3O2/c1-19-12-3-2-10(8-11(12)14)16-4-6-17(7-5-16)13(18)9-15/h2-3,8H,4-7,9,15H2,1H3. The Bertz CT molecular complexity index is 459. The average molecular weight is 267 g/mol. The van der Waals surface area contributed by atoms with Crippen molar-refractivity contribution in [2.45, 2.75) is 0 Å². The molecule has 0 saturated carbocycles. The Kier molecular flexibility index (Phi) is 4.21. The lowest BCUT2D eigenvalue weighted by Crippen LogP contribution is -2.50. The second kappa shape index (κ2) is 5.88. The van der Waals surface area contributed by atoms with Crippen molar-refractivity contribution in [2.75, 3.05) is 44.7 Å². The van der Waals surface area contributed by atoms with E-state index in [0.717, 1.165) is 5.69 Å². The van der Waals surface area contributed by atoms with Gasteiger partial charge in [-0.3, -0.25) is 4.79 Å². The molecular formula is C13H18FN3O2. The zero-order valence-corrected chi connectivity index (χ0v) is 10.9. The van der Waals surface area contributed by atoms with Crippen molar-refractivity contribution in [1.82, 2.24) is 4.90 Å². The first kappa shape index (κ1) is 13.6. The maximum Gasteiger partial charge on any atom is 0.236 e. The minimum atomic E-state index is -0.375. The second-order valence-electron chi connectivity index (χ2n) is 4.39. The fourth-order valence-corrected chi connectivity index (χ4v) is 2.20. The van der Waals surface area contributed by atoms with Crippen LogP contribution in [0.3, 0.4) is 0 Å². The van der Waals surface area contributed by atoms with Gasteiger partial charge >= 0.3 is 0 Å². The van der Waals surface area contributed by atoms with E-state index in [1.165, 1.54) is 13.2 Å². The number of benzene rings is 1. The van der Waals surface area contributed by atoms with Crippen LogP contribution < -0.4 is 15.4 Å². The topological polar surface area (TPSA) is 58.8 Å². The second-order valence-corrected chi connectivity index (χ2v) is 4.39. The number of carbonyl (C=O) groups is 1. The van der Waals surface area contributed by atoms with E-state index in [4.69, 9.17) is 10.5 Å². The first-order valence-electron chi connectivity index (χ1n) is 6.22. The largest absolute Gasteiger partial charge is 0.494 e. The monoisotopic (exact) mass is 267 g/mol. The average Bonchev–Trinajstić information content (AvgIpc) is 2.46. The van der Waals surface area contributed by atoms with Gasteiger partial charge in [0.15, 0.2) is 11.6 Å². The smallest absolute Gasteiger partial charge is 0.236 e. The van der Waals surface area contributed by atoms with Crippen LogP contribution in [0, 0.1) is 5.82 Å². The van der Waals surface area contributed by atoms with Gasteiger partial charge in [-0.25, -0.2) is 4.39 Å². The Balaban J connectivity index is 2.01. The fourth-order valence-electron chi connectivity index (χ4n) is 2.20. The lowest BCUT2D eigenvalue weighted by molar-refractivity contribution is -0.129. The van der Waals surface area contributed by atoms with Crippen molar-refractivity contribution < 1.29 is 13.9 Å². The number of carbonyl (C=O) groups excluding carboxylic acids is 1. The van der Waals surface area contributed by atoms with Crippen molar-refractivity contribution in [2.24, 2.45) is 5.73 Å². The molecule has 6 heteroatoms. The molecule has 1 aliphatic heterocycles. The van der Waals surface area contributed by atoms with Gasteiger partial charge in [-0.1, -0.05) is 0 Å². The highest BCUT2D eigenvalue weighted by Crippen LogP contribution is 2.24. The summed E-state index contributed by atoms with van der Waals surface area (Å²) in [6.07, 6.45) is 0. The number of nitrogens with zero attached hydrogens (tertiary/aromatic N) is 2. The van der Waals surface area contributed by atoms with Gasteiger partial charge in [0.1, 0.15) is 0 Å². The minimum Gasteiger partial charge on any atom is -0.494 e. The maximum absolute atomic E-state index is 13.6. The summed E-state index contributed by atoms with van der Waals surface area (Å²) in [6, 6.07) is 4.89. The van der Waals surface area contributed by atoms with Crippen LogP contribution in [0.5, 0.6) is 5.75 Å². The molecule has 0 radical (unpaired) electrons. The van der Waals surface area contributed by atoms with Crippen LogP contribution in [0.15, 0.2) is 18.2 Å². The molecule has 1 fully saturated rings. The highest BCUT2D eigenvalue weighted by atomic mass is 19.1. The summed E-state index contributed by atoms with van der Waals surface area (Å²) >= 11 is 0. The van der Waals surface area contributed by atoms with Crippen LogP contribution in [-0.4, -0.2) is 50.6 Å². The first-order valence-corrected chi connectivity index (χ1v) is 6.22. The summed E-state index contributed by atoms with van der Waals surface area (Å²) in [6.45, 7) is 2.62. The molecule has 5 nitrogen and oxygen atoms in total. The van der Waals surface area contributed by atoms with Crippen molar-refractivity contribution in [1.29, 1.82) is 0 Å². The van der Waals surface area contributed by atoms with E-state index in [0.29, 0.717) is 26.2 Å². The van der Waals surface area contributed by atoms with Gasteiger partial charge in [0, 0.05) is 37.9 Å². The van der Waals surface area contributed by atoms with Crippen LogP contribution in [-0.2, 0) is 4.79 Å². The Hall–Kier alpha value is -1.82. The van der Waals surface area contributed by atoms with E-state index in [1.807, 2.05) is 11.0 Å². The Morgan fingerprint density at radius 2 is 2.05 bits per heavy atom. The number of piperazine rings is 1. The zero-order chi connectivity index (χ0) is 13.8. The molecule has 1 saturated heterocycles. The molecule has 2 rings (SSSR count). The van der Waals surface area contributed by atoms with Gasteiger partial charge in [0.2, 0.25) is 5.91 Å². The predicted octanol–water partition coefficient (Wildman–Crippen LogP) is 0.442. The minimum absolute atomic E-state index is 0.0389. The molecule has 0 bridgehead atoms. The fraction of sp³-hybridized carbons (Fsp3) is 0.462. The number of amides is 1. The van der Waals surface area contributed by atoms with E-state index in [-0.39, 0.29) is 24.0 Å². The van der Waals surface area contributed by atoms with Gasteiger partial charge in [-0.2, -0.15) is 0 Å². The van der Waals surface area contributed by atoms with E-state index < -0.39 is 0 Å². The molecule has 1 aliphatic rings. The highest BCUT2D eigenvalue weighted by Gasteiger charge is 2.20. The normalized spacial score (nSPS) is 15.5. The van der Waals surface area contributed by atoms with Crippen LogP contribution in [0.2, 0.25) is 0 Å². The van der Waals surface area contributed by atoms with Crippen LogP contribution in [0.25, 0.3) is 0 Å². The predicted molar refractivity (Wildman–Crippen MR) is 70.8 cm³/mol. The molecule has 0 aromatic heterocycles. The third-order valence-corrected chi connectivity index (χ3v) is 3.31. The van der Waals surface area contributed by atoms with Crippen LogP contribution in [0.4, 0.5) is 10.1 Å². The number of methoxy groups -OCH3 is 1. The Labute approximate surface area is 111 Å². The maximum atomic E-state index is 13.6. The summed E-state index contributed by atoms with van der Waals surface area (Å²) in [5, 5.41) is 0. The number of ether oxygens (including phenoxy) is 1. The molecule has 0 atom stereocenters. The molecule has 1 amide bonds. The van der Waals surface area contributed by atoms with Crippen molar-refractivity contribution >= 4 is 11.6 Å². The molecule has 0 aliphatic carbocycles. The zero-order valence-electron chi connectivity index (χ0n) is 10.9. The molecule has 0 spiro atoms. The molecule has 104 valence electrons. The number of halogens is 1. The molecular weight excluding hydrogens is 249 g/mol. The number of hydrogen-bond acceptors (Lipinski definition) is 4. The summed E-state index contributed by atoms with van der Waals surface area (Å²) in [7, 11) is 1.44. The lowest BCUT2D eigenvalue weighted by Gasteiger charge is -2.36. The SMILES string of the molecule is COc1ccc(N2CCN(C(=O)CN)CC2)cc1F. The van der Waals surface area contributed by atoms with Crippen molar-refractivity contribution in [3.63, 3.8) is 0 Å². The molecule has 0 unspecified atom stereocenters. The lowest BCUT2D eigenvalue weighted by atomic mass is 10.2. The van der Waals surface area contributed by atoms with Gasteiger partial charge in [-0.05, 0) is 12.1 Å². The Morgan fingerprint density at radius 3 is 2.58 bits per heavy atom. The van der Waals surface area contributed by atoms with E-state index in [2.05, 4.69) is 0 Å². The third kappa shape index (κ3) is 2.96. The van der Waals surface area contributed by atoms with E-state index in [1.54, 1.807) is 11.0 Å². The highest BCUT2D eigenvalue weighted by molar-refractivity contribution is 5.78. The third-order valence-electron chi connectivity index (χ3n) is 3.31. The summed E-state index contributed by atoms with van der Waals surface area (Å²) in [4.78, 5) is 15.2. The van der Waals surface area contributed by atoms with Gasteiger partial charge in [0.05, 0.1) is 13.7 Å². The molecule has 1 heterocycles.